The molecule has 0 aliphatic carbocycles. The van der Waals surface area contributed by atoms with Crippen LogP contribution in [0.1, 0.15) is 24.8 Å². The Morgan fingerprint density at radius 1 is 1.22 bits per heavy atom. The van der Waals surface area contributed by atoms with Crippen molar-refractivity contribution in [3.8, 4) is 0 Å². The highest BCUT2D eigenvalue weighted by atomic mass is 35.5. The first-order valence-corrected chi connectivity index (χ1v) is 6.62. The van der Waals surface area contributed by atoms with Crippen LogP contribution in [0.5, 0.6) is 0 Å². The third-order valence-electron chi connectivity index (χ3n) is 3.95. The smallest absolute Gasteiger partial charge is 0.239 e. The molecule has 100 valence electrons. The quantitative estimate of drug-likeness (QED) is 0.806. The van der Waals surface area contributed by atoms with Crippen LogP contribution in [0.25, 0.3) is 0 Å². The first-order chi connectivity index (χ1) is 8.52. The van der Waals surface area contributed by atoms with Gasteiger partial charge >= 0.3 is 0 Å². The van der Waals surface area contributed by atoms with Gasteiger partial charge in [-0.15, -0.1) is 0 Å². The van der Waals surface area contributed by atoms with Gasteiger partial charge in [0.05, 0.1) is 0 Å². The predicted molar refractivity (Wildman–Crippen MR) is 70.5 cm³/mol. The summed E-state index contributed by atoms with van der Waals surface area (Å²) in [6.07, 6.45) is -0.739. The van der Waals surface area contributed by atoms with Gasteiger partial charge in [-0.2, -0.15) is 0 Å². The van der Waals surface area contributed by atoms with Gasteiger partial charge in [0, 0.05) is 16.9 Å². The number of hydrogen-bond donors (Lipinski definition) is 0. The fourth-order valence-corrected chi connectivity index (χ4v) is 2.88. The zero-order valence-corrected chi connectivity index (χ0v) is 11.3. The van der Waals surface area contributed by atoms with E-state index in [2.05, 4.69) is 4.90 Å². The second kappa shape index (κ2) is 5.54. The summed E-state index contributed by atoms with van der Waals surface area (Å²) in [6.45, 7) is 1.74. The van der Waals surface area contributed by atoms with Crippen molar-refractivity contribution in [3.63, 3.8) is 0 Å². The van der Waals surface area contributed by atoms with E-state index in [1.165, 1.54) is 0 Å². The van der Waals surface area contributed by atoms with Crippen LogP contribution in [-0.2, 0) is 5.41 Å². The SMILES string of the molecule is CN1CCC(CC(F)F)(c2ccc(Cl)cc2)CC1. The Morgan fingerprint density at radius 3 is 2.28 bits per heavy atom. The summed E-state index contributed by atoms with van der Waals surface area (Å²) in [7, 11) is 2.04. The molecule has 1 aromatic carbocycles. The average molecular weight is 274 g/mol. The molecular weight excluding hydrogens is 256 g/mol. The van der Waals surface area contributed by atoms with Crippen molar-refractivity contribution in [2.75, 3.05) is 20.1 Å². The molecule has 0 N–H and O–H groups in total. The van der Waals surface area contributed by atoms with Crippen molar-refractivity contribution in [2.45, 2.75) is 31.1 Å². The molecule has 0 unspecified atom stereocenters. The minimum absolute atomic E-state index is 0.0531. The van der Waals surface area contributed by atoms with E-state index in [0.29, 0.717) is 5.02 Å². The maximum Gasteiger partial charge on any atom is 0.239 e. The van der Waals surface area contributed by atoms with Crippen LogP contribution in [-0.4, -0.2) is 31.5 Å². The first-order valence-electron chi connectivity index (χ1n) is 6.25. The highest BCUT2D eigenvalue weighted by Gasteiger charge is 2.37. The minimum Gasteiger partial charge on any atom is -0.306 e. The molecule has 0 atom stereocenters. The number of likely N-dealkylation sites (tertiary alicyclic amines) is 1. The summed E-state index contributed by atoms with van der Waals surface area (Å²) in [6, 6.07) is 7.39. The van der Waals surface area contributed by atoms with Crippen molar-refractivity contribution in [1.29, 1.82) is 0 Å². The molecule has 0 bridgehead atoms. The molecule has 1 aromatic rings. The fourth-order valence-electron chi connectivity index (χ4n) is 2.76. The van der Waals surface area contributed by atoms with Gasteiger partial charge in [0.1, 0.15) is 0 Å². The predicted octanol–water partition coefficient (Wildman–Crippen LogP) is 3.96. The topological polar surface area (TPSA) is 3.24 Å². The Bertz CT molecular complexity index is 383. The first kappa shape index (κ1) is 13.8. The third-order valence-corrected chi connectivity index (χ3v) is 4.20. The molecule has 4 heteroatoms. The monoisotopic (exact) mass is 273 g/mol. The molecule has 18 heavy (non-hydrogen) atoms. The molecule has 0 spiro atoms. The van der Waals surface area contributed by atoms with Gasteiger partial charge in [-0.25, -0.2) is 8.78 Å². The van der Waals surface area contributed by atoms with Gasteiger partial charge in [-0.3, -0.25) is 0 Å². The zero-order chi connectivity index (χ0) is 13.2. The van der Waals surface area contributed by atoms with E-state index in [0.717, 1.165) is 31.5 Å². The molecule has 0 aromatic heterocycles. The van der Waals surface area contributed by atoms with Crippen molar-refractivity contribution >= 4 is 11.6 Å². The Morgan fingerprint density at radius 2 is 1.78 bits per heavy atom. The van der Waals surface area contributed by atoms with Crippen LogP contribution < -0.4 is 0 Å². The van der Waals surface area contributed by atoms with E-state index >= 15 is 0 Å². The lowest BCUT2D eigenvalue weighted by molar-refractivity contribution is 0.0732. The van der Waals surface area contributed by atoms with Crippen molar-refractivity contribution in [1.82, 2.24) is 4.90 Å². The number of nitrogens with zero attached hydrogens (tertiary/aromatic N) is 1. The van der Waals surface area contributed by atoms with Crippen LogP contribution >= 0.6 is 11.6 Å². The minimum atomic E-state index is -2.26. The summed E-state index contributed by atoms with van der Waals surface area (Å²) in [5.74, 6) is 0. The number of piperidine rings is 1. The number of halogens is 3. The van der Waals surface area contributed by atoms with Crippen LogP contribution in [0, 0.1) is 0 Å². The summed E-state index contributed by atoms with van der Waals surface area (Å²) in [4.78, 5) is 2.19. The Kier molecular flexibility index (Phi) is 4.23. The highest BCUT2D eigenvalue weighted by molar-refractivity contribution is 6.30. The van der Waals surface area contributed by atoms with Crippen LogP contribution in [0.2, 0.25) is 5.02 Å². The van der Waals surface area contributed by atoms with E-state index < -0.39 is 6.43 Å². The second-order valence-corrected chi connectivity index (χ2v) is 5.62. The van der Waals surface area contributed by atoms with E-state index in [1.807, 2.05) is 19.2 Å². The molecule has 1 heterocycles. The number of benzene rings is 1. The standard InChI is InChI=1S/C14H18ClF2N/c1-18-8-6-14(7-9-18,10-13(16)17)11-2-4-12(15)5-3-11/h2-5,13H,6-10H2,1H3. The summed E-state index contributed by atoms with van der Waals surface area (Å²) >= 11 is 5.87. The van der Waals surface area contributed by atoms with Gasteiger partial charge in [0.2, 0.25) is 6.43 Å². The third kappa shape index (κ3) is 3.01. The number of rotatable bonds is 3. The maximum atomic E-state index is 12.9. The van der Waals surface area contributed by atoms with Crippen LogP contribution in [0.15, 0.2) is 24.3 Å². The van der Waals surface area contributed by atoms with Crippen LogP contribution in [0.3, 0.4) is 0 Å². The molecule has 1 aliphatic rings. The Balaban J connectivity index is 2.27. The molecule has 0 amide bonds. The van der Waals surface area contributed by atoms with E-state index in [-0.39, 0.29) is 11.8 Å². The molecular formula is C14H18ClF2N. The molecule has 1 saturated heterocycles. The molecule has 1 fully saturated rings. The molecule has 2 rings (SSSR count). The van der Waals surface area contributed by atoms with Crippen molar-refractivity contribution < 1.29 is 8.78 Å². The number of alkyl halides is 2. The Labute approximate surface area is 112 Å². The summed E-state index contributed by atoms with van der Waals surface area (Å²) in [5, 5.41) is 0.652. The van der Waals surface area contributed by atoms with E-state index in [9.17, 15) is 8.78 Å². The zero-order valence-electron chi connectivity index (χ0n) is 10.5. The van der Waals surface area contributed by atoms with Crippen LogP contribution in [0.4, 0.5) is 8.78 Å². The van der Waals surface area contributed by atoms with Gasteiger partial charge in [0.25, 0.3) is 0 Å². The van der Waals surface area contributed by atoms with E-state index in [1.54, 1.807) is 12.1 Å². The second-order valence-electron chi connectivity index (χ2n) is 5.19. The average Bonchev–Trinajstić information content (AvgIpc) is 2.33. The lowest BCUT2D eigenvalue weighted by atomic mass is 9.70. The van der Waals surface area contributed by atoms with Gasteiger partial charge in [-0.05, 0) is 50.7 Å². The van der Waals surface area contributed by atoms with Gasteiger partial charge < -0.3 is 4.90 Å². The van der Waals surface area contributed by atoms with Crippen molar-refractivity contribution in [2.24, 2.45) is 0 Å². The molecule has 1 aliphatic heterocycles. The molecule has 0 saturated carbocycles. The molecule has 0 radical (unpaired) electrons. The normalized spacial score (nSPS) is 20.3. The number of hydrogen-bond acceptors (Lipinski definition) is 1. The summed E-state index contributed by atoms with van der Waals surface area (Å²) in [5.41, 5.74) is 0.617. The molecule has 1 nitrogen and oxygen atoms in total. The fraction of sp³-hybridized carbons (Fsp3) is 0.571. The lowest BCUT2D eigenvalue weighted by Gasteiger charge is -2.41. The largest absolute Gasteiger partial charge is 0.306 e. The summed E-state index contributed by atoms with van der Waals surface area (Å²) < 4.78 is 25.8. The van der Waals surface area contributed by atoms with Crippen molar-refractivity contribution in [3.05, 3.63) is 34.9 Å². The highest BCUT2D eigenvalue weighted by Crippen LogP contribution is 2.40. The van der Waals surface area contributed by atoms with E-state index in [4.69, 9.17) is 11.6 Å². The van der Waals surface area contributed by atoms with Gasteiger partial charge in [-0.1, -0.05) is 23.7 Å². The Hall–Kier alpha value is -0.670. The van der Waals surface area contributed by atoms with Gasteiger partial charge in [0.15, 0.2) is 0 Å². The lowest BCUT2D eigenvalue weighted by Crippen LogP contribution is -2.42. The maximum absolute atomic E-state index is 12.9.